The van der Waals surface area contributed by atoms with Crippen LogP contribution in [0.5, 0.6) is 0 Å². The van der Waals surface area contributed by atoms with E-state index in [1.165, 1.54) is 11.8 Å². The molecule has 202 valence electrons. The molecule has 0 spiro atoms. The fraction of sp³-hybridized carbons (Fsp3) is 0.121. The summed E-state index contributed by atoms with van der Waals surface area (Å²) in [6, 6.07) is 29.5. The van der Waals surface area contributed by atoms with Crippen LogP contribution in [0.25, 0.3) is 6.08 Å². The third kappa shape index (κ3) is 7.94. The number of thioether (sulfide) groups is 1. The van der Waals surface area contributed by atoms with Gasteiger partial charge in [0.05, 0.1) is 5.75 Å². The normalized spacial score (nSPS) is 11.0. The molecule has 0 aliphatic rings. The van der Waals surface area contributed by atoms with Gasteiger partial charge >= 0.3 is 0 Å². The van der Waals surface area contributed by atoms with E-state index in [1.807, 2.05) is 81.4 Å². The third-order valence-corrected chi connectivity index (χ3v) is 7.17. The van der Waals surface area contributed by atoms with Gasteiger partial charge in [-0.3, -0.25) is 14.4 Å². The number of hydrogen-bond acceptors (Lipinski definition) is 4. The molecule has 0 aromatic heterocycles. The number of nitrogens with one attached hydrogen (secondary N) is 3. The Balaban J connectivity index is 1.41. The molecule has 6 nitrogen and oxygen atoms in total. The van der Waals surface area contributed by atoms with Crippen LogP contribution in [-0.4, -0.2) is 23.5 Å². The first-order valence-electron chi connectivity index (χ1n) is 12.8. The Bertz CT molecular complexity index is 1550. The predicted octanol–water partition coefficient (Wildman–Crippen LogP) is 6.75. The largest absolute Gasteiger partial charge is 0.325 e. The first-order chi connectivity index (χ1) is 19.3. The Morgan fingerprint density at radius 3 is 2.15 bits per heavy atom. The van der Waals surface area contributed by atoms with Crippen molar-refractivity contribution in [3.8, 4) is 0 Å². The second kappa shape index (κ2) is 13.4. The molecule has 0 fully saturated rings. The highest BCUT2D eigenvalue weighted by Crippen LogP contribution is 2.22. The number of aryl methyl sites for hydroxylation is 3. The van der Waals surface area contributed by atoms with Crippen molar-refractivity contribution in [3.63, 3.8) is 0 Å². The van der Waals surface area contributed by atoms with Gasteiger partial charge in [0.15, 0.2) is 0 Å². The molecule has 0 radical (unpaired) electrons. The first kappa shape index (κ1) is 28.4. The second-order valence-corrected chi connectivity index (χ2v) is 10.4. The van der Waals surface area contributed by atoms with Crippen molar-refractivity contribution >= 4 is 46.9 Å². The van der Waals surface area contributed by atoms with Gasteiger partial charge < -0.3 is 16.0 Å². The fourth-order valence-electron chi connectivity index (χ4n) is 3.97. The van der Waals surface area contributed by atoms with Gasteiger partial charge in [-0.25, -0.2) is 0 Å². The van der Waals surface area contributed by atoms with Crippen LogP contribution in [0.4, 0.5) is 11.4 Å². The van der Waals surface area contributed by atoms with Crippen LogP contribution in [0.2, 0.25) is 0 Å². The van der Waals surface area contributed by atoms with E-state index in [4.69, 9.17) is 0 Å². The van der Waals surface area contributed by atoms with Gasteiger partial charge in [0.2, 0.25) is 5.91 Å². The minimum Gasteiger partial charge on any atom is -0.325 e. The van der Waals surface area contributed by atoms with E-state index >= 15 is 0 Å². The molecule has 4 aromatic carbocycles. The molecule has 4 aromatic rings. The van der Waals surface area contributed by atoms with Gasteiger partial charge in [-0.05, 0) is 86.0 Å². The van der Waals surface area contributed by atoms with Gasteiger partial charge in [0, 0.05) is 21.8 Å². The lowest BCUT2D eigenvalue weighted by Crippen LogP contribution is -2.30. The molecular weight excluding hydrogens is 518 g/mol. The topological polar surface area (TPSA) is 87.3 Å². The molecule has 0 heterocycles. The number of hydrogen-bond donors (Lipinski definition) is 3. The molecule has 0 atom stereocenters. The quantitative estimate of drug-likeness (QED) is 0.159. The number of anilines is 2. The monoisotopic (exact) mass is 549 g/mol. The van der Waals surface area contributed by atoms with Crippen LogP contribution in [-0.2, 0) is 9.59 Å². The zero-order valence-electron chi connectivity index (χ0n) is 22.7. The summed E-state index contributed by atoms with van der Waals surface area (Å²) < 4.78 is 0. The van der Waals surface area contributed by atoms with E-state index in [9.17, 15) is 14.4 Å². The van der Waals surface area contributed by atoms with E-state index in [1.54, 1.807) is 42.5 Å². The van der Waals surface area contributed by atoms with Gasteiger partial charge in [0.25, 0.3) is 11.8 Å². The summed E-state index contributed by atoms with van der Waals surface area (Å²) in [7, 11) is 0. The fourth-order valence-corrected chi connectivity index (χ4v) is 4.67. The SMILES string of the molecule is Cc1ccc(NC(=O)CSc2ccc(NC(=O)/C(=C/c3ccccc3C)NC(=O)c3ccccc3)cc2)c(C)c1. The van der Waals surface area contributed by atoms with E-state index in [-0.39, 0.29) is 23.3 Å². The number of benzene rings is 4. The Morgan fingerprint density at radius 2 is 1.45 bits per heavy atom. The number of rotatable bonds is 9. The van der Waals surface area contributed by atoms with Crippen LogP contribution in [0.1, 0.15) is 32.6 Å². The minimum atomic E-state index is -0.444. The Kier molecular flexibility index (Phi) is 9.54. The van der Waals surface area contributed by atoms with Crippen molar-refractivity contribution in [1.29, 1.82) is 0 Å². The molecular formula is C33H31N3O3S. The number of carbonyl (C=O) groups excluding carboxylic acids is 3. The van der Waals surface area contributed by atoms with Crippen molar-refractivity contribution in [2.75, 3.05) is 16.4 Å². The Morgan fingerprint density at radius 1 is 0.750 bits per heavy atom. The van der Waals surface area contributed by atoms with Crippen molar-refractivity contribution in [3.05, 3.63) is 131 Å². The predicted molar refractivity (Wildman–Crippen MR) is 163 cm³/mol. The molecule has 4 rings (SSSR count). The van der Waals surface area contributed by atoms with Crippen LogP contribution >= 0.6 is 11.8 Å². The molecule has 0 bridgehead atoms. The maximum Gasteiger partial charge on any atom is 0.272 e. The van der Waals surface area contributed by atoms with Crippen molar-refractivity contribution in [2.45, 2.75) is 25.7 Å². The highest BCUT2D eigenvalue weighted by Gasteiger charge is 2.16. The molecule has 0 aliphatic carbocycles. The van der Waals surface area contributed by atoms with Crippen LogP contribution < -0.4 is 16.0 Å². The molecule has 0 saturated heterocycles. The van der Waals surface area contributed by atoms with Crippen LogP contribution in [0.15, 0.2) is 108 Å². The molecule has 3 N–H and O–H groups in total. The molecule has 3 amide bonds. The maximum absolute atomic E-state index is 13.3. The van der Waals surface area contributed by atoms with Gasteiger partial charge in [-0.1, -0.05) is 60.2 Å². The highest BCUT2D eigenvalue weighted by atomic mass is 32.2. The Hall–Kier alpha value is -4.62. The second-order valence-electron chi connectivity index (χ2n) is 9.37. The summed E-state index contributed by atoms with van der Waals surface area (Å²) in [5, 5.41) is 8.58. The van der Waals surface area contributed by atoms with Crippen molar-refractivity contribution in [1.82, 2.24) is 5.32 Å². The maximum atomic E-state index is 13.3. The Labute approximate surface area is 238 Å². The lowest BCUT2D eigenvalue weighted by atomic mass is 10.1. The highest BCUT2D eigenvalue weighted by molar-refractivity contribution is 8.00. The first-order valence-corrected chi connectivity index (χ1v) is 13.8. The minimum absolute atomic E-state index is 0.0884. The van der Waals surface area contributed by atoms with E-state index in [2.05, 4.69) is 16.0 Å². The molecule has 40 heavy (non-hydrogen) atoms. The lowest BCUT2D eigenvalue weighted by molar-refractivity contribution is -0.114. The molecule has 0 saturated carbocycles. The smallest absolute Gasteiger partial charge is 0.272 e. The van der Waals surface area contributed by atoms with E-state index in [0.29, 0.717) is 11.3 Å². The van der Waals surface area contributed by atoms with Crippen LogP contribution in [0.3, 0.4) is 0 Å². The van der Waals surface area contributed by atoms with E-state index < -0.39 is 5.91 Å². The van der Waals surface area contributed by atoms with Crippen LogP contribution in [0, 0.1) is 20.8 Å². The van der Waals surface area contributed by atoms with Crippen molar-refractivity contribution in [2.24, 2.45) is 0 Å². The van der Waals surface area contributed by atoms with Gasteiger partial charge in [0.1, 0.15) is 5.70 Å². The third-order valence-electron chi connectivity index (χ3n) is 6.16. The summed E-state index contributed by atoms with van der Waals surface area (Å²) in [6.07, 6.45) is 1.67. The zero-order valence-corrected chi connectivity index (χ0v) is 23.5. The number of amides is 3. The van der Waals surface area contributed by atoms with Gasteiger partial charge in [-0.15, -0.1) is 11.8 Å². The summed E-state index contributed by atoms with van der Waals surface area (Å²) in [4.78, 5) is 39.4. The average Bonchev–Trinajstić information content (AvgIpc) is 2.95. The van der Waals surface area contributed by atoms with Gasteiger partial charge in [-0.2, -0.15) is 0 Å². The summed E-state index contributed by atoms with van der Waals surface area (Å²) >= 11 is 1.41. The lowest BCUT2D eigenvalue weighted by Gasteiger charge is -2.12. The number of carbonyl (C=O) groups is 3. The molecule has 7 heteroatoms. The average molecular weight is 550 g/mol. The zero-order chi connectivity index (χ0) is 28.5. The summed E-state index contributed by atoms with van der Waals surface area (Å²) in [6.45, 7) is 5.93. The summed E-state index contributed by atoms with van der Waals surface area (Å²) in [5.41, 5.74) is 5.93. The molecule has 0 unspecified atom stereocenters. The van der Waals surface area contributed by atoms with Crippen molar-refractivity contribution < 1.29 is 14.4 Å². The summed E-state index contributed by atoms with van der Waals surface area (Å²) in [5.74, 6) is -0.648. The van der Waals surface area contributed by atoms with E-state index in [0.717, 1.165) is 32.8 Å². The standard InChI is InChI=1S/C33H31N3O3S/c1-22-13-18-29(24(3)19-22)35-31(37)21-40-28-16-14-27(15-17-28)34-33(39)30(20-26-12-8-7-9-23(26)2)36-32(38)25-10-5-4-6-11-25/h4-20H,21H2,1-3H3,(H,34,39)(H,35,37)(H,36,38)/b30-20-. The molecule has 0 aliphatic heterocycles.